The number of piperazine rings is 1. The average Bonchev–Trinajstić information content (AvgIpc) is 3.58. The molecule has 2 aliphatic rings. The van der Waals surface area contributed by atoms with Crippen molar-refractivity contribution < 1.29 is 28.3 Å². The summed E-state index contributed by atoms with van der Waals surface area (Å²) in [7, 11) is 0. The molecule has 3 aromatic rings. The Bertz CT molecular complexity index is 1400. The van der Waals surface area contributed by atoms with Gasteiger partial charge in [-0.15, -0.1) is 0 Å². The normalized spacial score (nSPS) is 17.3. The van der Waals surface area contributed by atoms with Crippen LogP contribution in [0.1, 0.15) is 23.3 Å². The van der Waals surface area contributed by atoms with Crippen LogP contribution in [0.5, 0.6) is 0 Å². The second-order valence-corrected chi connectivity index (χ2v) is 9.55. The highest BCUT2D eigenvalue weighted by Gasteiger charge is 2.33. The Morgan fingerprint density at radius 1 is 1.18 bits per heavy atom. The minimum Gasteiger partial charge on any atom is -0.444 e. The summed E-state index contributed by atoms with van der Waals surface area (Å²) < 4.78 is 22.1. The molecule has 1 aromatic carbocycles. The van der Waals surface area contributed by atoms with Crippen molar-refractivity contribution in [2.45, 2.75) is 18.9 Å². The van der Waals surface area contributed by atoms with Gasteiger partial charge in [0.1, 0.15) is 23.4 Å². The number of rotatable bonds is 9. The number of nitrogens with two attached hydrogens (primary N) is 1. The predicted molar refractivity (Wildman–Crippen MR) is 141 cm³/mol. The number of hydrogen-bond acceptors (Lipinski definition) is 9. The molecule has 210 valence electrons. The number of benzene rings is 1. The first kappa shape index (κ1) is 27.0. The van der Waals surface area contributed by atoms with E-state index in [0.29, 0.717) is 49.6 Å². The number of ketones is 1. The smallest absolute Gasteiger partial charge is 0.414 e. The van der Waals surface area contributed by atoms with Crippen LogP contribution >= 0.6 is 0 Å². The van der Waals surface area contributed by atoms with E-state index in [1.54, 1.807) is 40.0 Å². The van der Waals surface area contributed by atoms with Gasteiger partial charge in [0, 0.05) is 51.2 Å². The molecule has 0 bridgehead atoms. The van der Waals surface area contributed by atoms with Gasteiger partial charge in [0.25, 0.3) is 5.91 Å². The lowest BCUT2D eigenvalue weighted by Crippen LogP contribution is -2.51. The van der Waals surface area contributed by atoms with Crippen LogP contribution in [0.15, 0.2) is 43.0 Å². The Morgan fingerprint density at radius 2 is 1.98 bits per heavy atom. The summed E-state index contributed by atoms with van der Waals surface area (Å²) in [6.45, 7) is 1.51. The van der Waals surface area contributed by atoms with Gasteiger partial charge >= 0.3 is 6.09 Å². The van der Waals surface area contributed by atoms with E-state index in [0.717, 1.165) is 0 Å². The first-order valence-electron chi connectivity index (χ1n) is 12.9. The Balaban J connectivity index is 1.11. The number of Topliss-reactive ketones (excluding diaryl/α,β-unsaturated/α-hetero) is 1. The van der Waals surface area contributed by atoms with Gasteiger partial charge in [-0.1, -0.05) is 0 Å². The predicted octanol–water partition coefficient (Wildman–Crippen LogP) is 0.580. The Kier molecular flexibility index (Phi) is 7.86. The van der Waals surface area contributed by atoms with E-state index in [9.17, 15) is 19.2 Å². The van der Waals surface area contributed by atoms with Crippen molar-refractivity contribution in [1.29, 1.82) is 0 Å². The summed E-state index contributed by atoms with van der Waals surface area (Å²) in [6, 6.07) is 4.54. The maximum absolute atomic E-state index is 15.1. The molecule has 14 heteroatoms. The summed E-state index contributed by atoms with van der Waals surface area (Å²) in [6.07, 6.45) is 5.88. The molecule has 3 amide bonds. The van der Waals surface area contributed by atoms with Crippen LogP contribution in [0.4, 0.5) is 20.6 Å². The van der Waals surface area contributed by atoms with Gasteiger partial charge in [0.05, 0.1) is 37.2 Å². The molecule has 0 aliphatic carbocycles. The number of imidazole rings is 1. The van der Waals surface area contributed by atoms with E-state index in [2.05, 4.69) is 15.3 Å². The molecule has 40 heavy (non-hydrogen) atoms. The molecule has 0 saturated carbocycles. The second-order valence-electron chi connectivity index (χ2n) is 9.55. The Morgan fingerprint density at radius 3 is 2.70 bits per heavy atom. The maximum Gasteiger partial charge on any atom is 0.414 e. The van der Waals surface area contributed by atoms with Crippen molar-refractivity contribution in [3.8, 4) is 0 Å². The van der Waals surface area contributed by atoms with E-state index in [-0.39, 0.29) is 43.4 Å². The number of carbonyl (C=O) groups is 4. The zero-order valence-electron chi connectivity index (χ0n) is 21.7. The van der Waals surface area contributed by atoms with Gasteiger partial charge in [-0.2, -0.15) is 0 Å². The molecular formula is C26H29FN8O5. The number of hydrogen-bond donors (Lipinski definition) is 2. The highest BCUT2D eigenvalue weighted by Crippen LogP contribution is 2.29. The van der Waals surface area contributed by atoms with E-state index in [4.69, 9.17) is 10.5 Å². The summed E-state index contributed by atoms with van der Waals surface area (Å²) in [5, 5.41) is 2.60. The van der Waals surface area contributed by atoms with Crippen molar-refractivity contribution in [3.05, 3.63) is 54.5 Å². The van der Waals surface area contributed by atoms with Crippen molar-refractivity contribution >= 4 is 40.7 Å². The number of aromatic nitrogens is 3. The zero-order valence-corrected chi connectivity index (χ0v) is 21.7. The third-order valence-electron chi connectivity index (χ3n) is 6.96. The van der Waals surface area contributed by atoms with Gasteiger partial charge in [-0.05, 0) is 24.6 Å². The van der Waals surface area contributed by atoms with Crippen LogP contribution in [0.25, 0.3) is 5.65 Å². The molecule has 3 N–H and O–H groups in total. The van der Waals surface area contributed by atoms with Gasteiger partial charge in [-0.3, -0.25) is 24.3 Å². The van der Waals surface area contributed by atoms with Crippen LogP contribution in [0.2, 0.25) is 0 Å². The molecule has 2 saturated heterocycles. The number of ether oxygens (including phenoxy) is 1. The first-order chi connectivity index (χ1) is 19.3. The standard InChI is InChI=1S/C26H29FN8O5/c27-20-11-17(35-15-19(40-26(35)39)3-2-18(36)12-28)1-4-22(20)32-7-9-33(10-8-32)24(37)14-30-25(38)21-16-34-6-5-29-13-23(34)31-21/h1,4-6,11,13,16,19H,2-3,7-10,12,14-15,28H2,(H,30,38)/t19-/m0/s1. The van der Waals surface area contributed by atoms with E-state index < -0.39 is 23.9 Å². The highest BCUT2D eigenvalue weighted by molar-refractivity contribution is 5.95. The largest absolute Gasteiger partial charge is 0.444 e. The fraction of sp³-hybridized carbons (Fsp3) is 0.385. The number of nitrogens with one attached hydrogen (secondary N) is 1. The van der Waals surface area contributed by atoms with Gasteiger partial charge < -0.3 is 30.0 Å². The molecule has 5 rings (SSSR count). The Labute approximate surface area is 228 Å². The van der Waals surface area contributed by atoms with Gasteiger partial charge in [0.15, 0.2) is 5.65 Å². The summed E-state index contributed by atoms with van der Waals surface area (Å²) >= 11 is 0. The minimum atomic E-state index is -0.588. The lowest BCUT2D eigenvalue weighted by Gasteiger charge is -2.36. The topological polar surface area (TPSA) is 155 Å². The molecule has 0 radical (unpaired) electrons. The fourth-order valence-corrected chi connectivity index (χ4v) is 4.73. The molecular weight excluding hydrogens is 523 g/mol. The SMILES string of the molecule is NCC(=O)CC[C@H]1CN(c2ccc(N3CCN(C(=O)CNC(=O)c4cn5ccncc5n4)CC3)c(F)c2)C(=O)O1. The quantitative estimate of drug-likeness (QED) is 0.388. The van der Waals surface area contributed by atoms with Crippen molar-refractivity contribution in [1.82, 2.24) is 24.6 Å². The number of carbonyl (C=O) groups excluding carboxylic acids is 4. The number of anilines is 2. The zero-order chi connectivity index (χ0) is 28.2. The molecule has 13 nitrogen and oxygen atoms in total. The number of fused-ring (bicyclic) bond motifs is 1. The maximum atomic E-state index is 15.1. The monoisotopic (exact) mass is 552 g/mol. The van der Waals surface area contributed by atoms with Gasteiger partial charge in [-0.25, -0.2) is 14.2 Å². The molecule has 2 aliphatic heterocycles. The van der Waals surface area contributed by atoms with Crippen LogP contribution in [0, 0.1) is 5.82 Å². The van der Waals surface area contributed by atoms with Crippen LogP contribution < -0.4 is 20.9 Å². The van der Waals surface area contributed by atoms with Crippen molar-refractivity contribution in [2.75, 3.05) is 55.6 Å². The number of nitrogens with zero attached hydrogens (tertiary/aromatic N) is 6. The number of cyclic esters (lactones) is 1. The van der Waals surface area contributed by atoms with Gasteiger partial charge in [0.2, 0.25) is 5.91 Å². The van der Waals surface area contributed by atoms with Crippen LogP contribution in [-0.2, 0) is 14.3 Å². The molecule has 2 fully saturated rings. The number of amides is 3. The Hall–Kier alpha value is -4.59. The van der Waals surface area contributed by atoms with Crippen LogP contribution in [-0.4, -0.2) is 94.9 Å². The first-order valence-corrected chi connectivity index (χ1v) is 12.9. The minimum absolute atomic E-state index is 0.0573. The average molecular weight is 553 g/mol. The molecule has 2 aromatic heterocycles. The summed E-state index contributed by atoms with van der Waals surface area (Å²) in [5.41, 5.74) is 6.76. The van der Waals surface area contributed by atoms with Crippen molar-refractivity contribution in [3.63, 3.8) is 0 Å². The number of halogens is 1. The second kappa shape index (κ2) is 11.7. The molecule has 1 atom stereocenters. The molecule has 0 unspecified atom stereocenters. The lowest BCUT2D eigenvalue weighted by molar-refractivity contribution is -0.130. The third-order valence-corrected chi connectivity index (χ3v) is 6.96. The van der Waals surface area contributed by atoms with Crippen LogP contribution in [0.3, 0.4) is 0 Å². The van der Waals surface area contributed by atoms with E-state index in [1.807, 2.05) is 4.90 Å². The third kappa shape index (κ3) is 5.86. The molecule has 4 heterocycles. The summed E-state index contributed by atoms with van der Waals surface area (Å²) in [4.78, 5) is 61.8. The van der Waals surface area contributed by atoms with E-state index in [1.165, 1.54) is 17.2 Å². The van der Waals surface area contributed by atoms with Crippen molar-refractivity contribution in [2.24, 2.45) is 5.73 Å². The lowest BCUT2D eigenvalue weighted by atomic mass is 10.1. The van der Waals surface area contributed by atoms with E-state index >= 15 is 4.39 Å². The summed E-state index contributed by atoms with van der Waals surface area (Å²) in [5.74, 6) is -1.32. The highest BCUT2D eigenvalue weighted by atomic mass is 19.1. The molecule has 0 spiro atoms. The fourth-order valence-electron chi connectivity index (χ4n) is 4.73.